The molecule has 31 heavy (non-hydrogen) atoms. The highest BCUT2D eigenvalue weighted by atomic mass is 35.5. The van der Waals surface area contributed by atoms with E-state index in [0.717, 1.165) is 22.5 Å². The van der Waals surface area contributed by atoms with E-state index in [4.69, 9.17) is 25.8 Å². The number of anilines is 1. The van der Waals surface area contributed by atoms with Crippen molar-refractivity contribution < 1.29 is 18.6 Å². The quantitative estimate of drug-likeness (QED) is 0.539. The minimum absolute atomic E-state index is 0.218. The van der Waals surface area contributed by atoms with E-state index < -0.39 is 0 Å². The molecule has 4 rings (SSSR count). The predicted molar refractivity (Wildman–Crippen MR) is 120 cm³/mol. The van der Waals surface area contributed by atoms with Crippen molar-refractivity contribution in [1.82, 2.24) is 5.43 Å². The number of ether oxygens (including phenoxy) is 3. The monoisotopic (exact) mass is 440 g/mol. The standard InChI is InChI=1S/C24H22ClFN2O3/c1-29-22-12-16(13-23(30-2)24(22)31-3)21-14-20(15-4-6-17(25)7-5-15)27-28(21)19-10-8-18(26)9-11-19/h4-14,21,27H,1-3H3. The molecule has 0 spiro atoms. The van der Waals surface area contributed by atoms with Crippen LogP contribution in [0.25, 0.3) is 5.70 Å². The van der Waals surface area contributed by atoms with Gasteiger partial charge in [-0.2, -0.15) is 0 Å². The summed E-state index contributed by atoms with van der Waals surface area (Å²) < 4.78 is 30.1. The lowest BCUT2D eigenvalue weighted by atomic mass is 10.0. The van der Waals surface area contributed by atoms with Gasteiger partial charge in [0.2, 0.25) is 5.75 Å². The number of halogens is 2. The molecular weight excluding hydrogens is 419 g/mol. The van der Waals surface area contributed by atoms with Crippen molar-refractivity contribution in [2.75, 3.05) is 26.3 Å². The van der Waals surface area contributed by atoms with E-state index >= 15 is 0 Å². The Bertz CT molecular complexity index is 1080. The molecule has 1 N–H and O–H groups in total. The molecule has 3 aromatic rings. The van der Waals surface area contributed by atoms with Crippen LogP contribution in [0.2, 0.25) is 5.02 Å². The summed E-state index contributed by atoms with van der Waals surface area (Å²) >= 11 is 6.05. The Kier molecular flexibility index (Phi) is 5.91. The van der Waals surface area contributed by atoms with Gasteiger partial charge in [0.1, 0.15) is 5.82 Å². The fourth-order valence-corrected chi connectivity index (χ4v) is 3.73. The smallest absolute Gasteiger partial charge is 0.203 e. The molecular formula is C24H22ClFN2O3. The summed E-state index contributed by atoms with van der Waals surface area (Å²) in [5.74, 6) is 1.35. The number of benzene rings is 3. The fourth-order valence-electron chi connectivity index (χ4n) is 3.60. The van der Waals surface area contributed by atoms with E-state index in [9.17, 15) is 4.39 Å². The maximum Gasteiger partial charge on any atom is 0.203 e. The minimum Gasteiger partial charge on any atom is -0.493 e. The summed E-state index contributed by atoms with van der Waals surface area (Å²) in [6.45, 7) is 0. The maximum atomic E-state index is 13.5. The van der Waals surface area contributed by atoms with E-state index in [-0.39, 0.29) is 11.9 Å². The fraction of sp³-hybridized carbons (Fsp3) is 0.167. The zero-order chi connectivity index (χ0) is 22.0. The molecule has 160 valence electrons. The summed E-state index contributed by atoms with van der Waals surface area (Å²) in [6.07, 6.45) is 2.09. The molecule has 0 bridgehead atoms. The molecule has 1 heterocycles. The third kappa shape index (κ3) is 4.11. The summed E-state index contributed by atoms with van der Waals surface area (Å²) in [5.41, 5.74) is 7.03. The van der Waals surface area contributed by atoms with Crippen LogP contribution in [0.1, 0.15) is 17.2 Å². The maximum absolute atomic E-state index is 13.5. The van der Waals surface area contributed by atoms with Crippen LogP contribution >= 0.6 is 11.6 Å². The second-order valence-corrected chi connectivity index (χ2v) is 7.39. The van der Waals surface area contributed by atoms with E-state index in [0.29, 0.717) is 22.3 Å². The van der Waals surface area contributed by atoms with Crippen LogP contribution in [-0.4, -0.2) is 21.3 Å². The number of methoxy groups -OCH3 is 3. The van der Waals surface area contributed by atoms with E-state index in [1.54, 1.807) is 33.5 Å². The van der Waals surface area contributed by atoms with E-state index in [2.05, 4.69) is 11.5 Å². The van der Waals surface area contributed by atoms with Gasteiger partial charge in [-0.3, -0.25) is 10.4 Å². The number of hydrazine groups is 1. The Morgan fingerprint density at radius 1 is 0.871 bits per heavy atom. The highest BCUT2D eigenvalue weighted by molar-refractivity contribution is 6.30. The lowest BCUT2D eigenvalue weighted by molar-refractivity contribution is 0.323. The minimum atomic E-state index is -0.293. The molecule has 0 saturated carbocycles. The molecule has 1 unspecified atom stereocenters. The SMILES string of the molecule is COc1cc(C2C=C(c3ccc(Cl)cc3)NN2c2ccc(F)cc2)cc(OC)c1OC. The van der Waals surface area contributed by atoms with Crippen molar-refractivity contribution in [3.8, 4) is 17.2 Å². The van der Waals surface area contributed by atoms with Crippen LogP contribution in [0, 0.1) is 5.82 Å². The molecule has 0 aliphatic carbocycles. The zero-order valence-corrected chi connectivity index (χ0v) is 18.1. The van der Waals surface area contributed by atoms with Crippen molar-refractivity contribution in [2.24, 2.45) is 0 Å². The Morgan fingerprint density at radius 3 is 2.03 bits per heavy atom. The van der Waals surface area contributed by atoms with E-state index in [1.165, 1.54) is 12.1 Å². The number of rotatable bonds is 6. The van der Waals surface area contributed by atoms with Crippen molar-refractivity contribution in [3.63, 3.8) is 0 Å². The van der Waals surface area contributed by atoms with Crippen molar-refractivity contribution in [3.05, 3.63) is 88.7 Å². The molecule has 1 aliphatic rings. The summed E-state index contributed by atoms with van der Waals surface area (Å²) in [7, 11) is 4.74. The molecule has 0 radical (unpaired) electrons. The molecule has 1 atom stereocenters. The van der Waals surface area contributed by atoms with Crippen LogP contribution in [0.5, 0.6) is 17.2 Å². The number of nitrogens with zero attached hydrogens (tertiary/aromatic N) is 1. The van der Waals surface area contributed by atoms with Gasteiger partial charge in [0.05, 0.1) is 38.8 Å². The summed E-state index contributed by atoms with van der Waals surface area (Å²) in [4.78, 5) is 0. The number of hydrogen-bond acceptors (Lipinski definition) is 5. The van der Waals surface area contributed by atoms with Crippen LogP contribution in [0.3, 0.4) is 0 Å². The van der Waals surface area contributed by atoms with Crippen molar-refractivity contribution in [1.29, 1.82) is 0 Å². The molecule has 5 nitrogen and oxygen atoms in total. The second-order valence-electron chi connectivity index (χ2n) is 6.95. The van der Waals surface area contributed by atoms with Gasteiger partial charge in [0, 0.05) is 5.02 Å². The zero-order valence-electron chi connectivity index (χ0n) is 17.4. The van der Waals surface area contributed by atoms with Crippen LogP contribution < -0.4 is 24.6 Å². The van der Waals surface area contributed by atoms with E-state index in [1.807, 2.05) is 41.4 Å². The Labute approximate surface area is 185 Å². The summed E-state index contributed by atoms with van der Waals surface area (Å²) in [6, 6.07) is 17.5. The largest absolute Gasteiger partial charge is 0.493 e. The number of nitrogens with one attached hydrogen (secondary N) is 1. The third-order valence-corrected chi connectivity index (χ3v) is 5.38. The van der Waals surface area contributed by atoms with Crippen LogP contribution in [0.15, 0.2) is 66.7 Å². The summed E-state index contributed by atoms with van der Waals surface area (Å²) in [5, 5.41) is 2.63. The molecule has 0 saturated heterocycles. The van der Waals surface area contributed by atoms with Gasteiger partial charge in [-0.05, 0) is 65.7 Å². The molecule has 0 fully saturated rings. The van der Waals surface area contributed by atoms with Gasteiger partial charge < -0.3 is 14.2 Å². The van der Waals surface area contributed by atoms with Gasteiger partial charge in [-0.15, -0.1) is 0 Å². The van der Waals surface area contributed by atoms with Gasteiger partial charge in [-0.1, -0.05) is 23.7 Å². The van der Waals surface area contributed by atoms with Crippen LogP contribution in [-0.2, 0) is 0 Å². The Morgan fingerprint density at radius 2 is 1.48 bits per heavy atom. The molecule has 0 amide bonds. The first-order valence-corrected chi connectivity index (χ1v) is 10.0. The van der Waals surface area contributed by atoms with Crippen molar-refractivity contribution in [2.45, 2.75) is 6.04 Å². The molecule has 1 aliphatic heterocycles. The van der Waals surface area contributed by atoms with Gasteiger partial charge in [-0.25, -0.2) is 4.39 Å². The first kappa shape index (κ1) is 20.9. The highest BCUT2D eigenvalue weighted by Crippen LogP contribution is 2.43. The topological polar surface area (TPSA) is 43.0 Å². The van der Waals surface area contributed by atoms with Gasteiger partial charge in [0.25, 0.3) is 0 Å². The lowest BCUT2D eigenvalue weighted by Gasteiger charge is -2.28. The average molecular weight is 441 g/mol. The normalized spacial score (nSPS) is 15.3. The van der Waals surface area contributed by atoms with Gasteiger partial charge >= 0.3 is 0 Å². The first-order chi connectivity index (χ1) is 15.0. The molecule has 7 heteroatoms. The molecule has 0 aromatic heterocycles. The van der Waals surface area contributed by atoms with Crippen molar-refractivity contribution >= 4 is 23.0 Å². The molecule has 3 aromatic carbocycles. The Balaban J connectivity index is 1.82. The second kappa shape index (κ2) is 8.78. The highest BCUT2D eigenvalue weighted by Gasteiger charge is 2.29. The third-order valence-electron chi connectivity index (χ3n) is 5.13. The Hall–Kier alpha value is -3.38. The lowest BCUT2D eigenvalue weighted by Crippen LogP contribution is -2.34. The van der Waals surface area contributed by atoms with Crippen LogP contribution in [0.4, 0.5) is 10.1 Å². The first-order valence-electron chi connectivity index (χ1n) is 9.63. The van der Waals surface area contributed by atoms with Gasteiger partial charge in [0.15, 0.2) is 11.5 Å². The average Bonchev–Trinajstić information content (AvgIpc) is 3.24. The predicted octanol–water partition coefficient (Wildman–Crippen LogP) is 5.61. The number of hydrogen-bond donors (Lipinski definition) is 1.